The average molecular weight is 235 g/mol. The molecule has 0 spiro atoms. The van der Waals surface area contributed by atoms with E-state index in [0.29, 0.717) is 6.04 Å². The van der Waals surface area contributed by atoms with E-state index in [9.17, 15) is 0 Å². The van der Waals surface area contributed by atoms with Gasteiger partial charge in [-0.3, -0.25) is 0 Å². The van der Waals surface area contributed by atoms with E-state index in [2.05, 4.69) is 49.1 Å². The molecule has 0 fully saturated rings. The predicted octanol–water partition coefficient (Wildman–Crippen LogP) is 2.92. The van der Waals surface area contributed by atoms with Gasteiger partial charge in [0.15, 0.2) is 0 Å². The van der Waals surface area contributed by atoms with Crippen LogP contribution in [0.15, 0.2) is 18.3 Å². The summed E-state index contributed by atoms with van der Waals surface area (Å²) in [5.41, 5.74) is 1.20. The van der Waals surface area contributed by atoms with E-state index in [1.165, 1.54) is 24.9 Å². The van der Waals surface area contributed by atoms with Gasteiger partial charge in [0, 0.05) is 18.8 Å². The molecule has 0 saturated heterocycles. The average Bonchev–Trinajstić information content (AvgIpc) is 2.30. The Hall–Kier alpha value is -1.09. The fourth-order valence-corrected chi connectivity index (χ4v) is 1.53. The molecule has 0 unspecified atom stereocenters. The lowest BCUT2D eigenvalue weighted by atomic mass is 10.2. The van der Waals surface area contributed by atoms with Crippen molar-refractivity contribution in [3.63, 3.8) is 0 Å². The second kappa shape index (κ2) is 7.28. The molecule has 96 valence electrons. The van der Waals surface area contributed by atoms with E-state index in [-0.39, 0.29) is 0 Å². The molecule has 0 radical (unpaired) electrons. The van der Waals surface area contributed by atoms with E-state index in [1.807, 2.05) is 12.3 Å². The summed E-state index contributed by atoms with van der Waals surface area (Å²) in [5, 5.41) is 3.35. The number of anilines is 1. The Morgan fingerprint density at radius 2 is 2.06 bits per heavy atom. The van der Waals surface area contributed by atoms with Gasteiger partial charge in [0.25, 0.3) is 0 Å². The topological polar surface area (TPSA) is 28.2 Å². The van der Waals surface area contributed by atoms with E-state index < -0.39 is 0 Å². The van der Waals surface area contributed by atoms with Crippen LogP contribution >= 0.6 is 0 Å². The SMILES string of the molecule is Cc1ccc(NCCCCN(C)C(C)C)nc1. The molecule has 0 aliphatic heterocycles. The van der Waals surface area contributed by atoms with Gasteiger partial charge in [-0.15, -0.1) is 0 Å². The van der Waals surface area contributed by atoms with Crippen LogP contribution in [0.2, 0.25) is 0 Å². The summed E-state index contributed by atoms with van der Waals surface area (Å²) in [6, 6.07) is 4.76. The van der Waals surface area contributed by atoms with Gasteiger partial charge >= 0.3 is 0 Å². The summed E-state index contributed by atoms with van der Waals surface area (Å²) >= 11 is 0. The summed E-state index contributed by atoms with van der Waals surface area (Å²) in [4.78, 5) is 6.70. The fourth-order valence-electron chi connectivity index (χ4n) is 1.53. The molecule has 1 rings (SSSR count). The molecule has 3 heteroatoms. The maximum atomic E-state index is 4.32. The second-order valence-electron chi connectivity index (χ2n) is 4.93. The minimum absolute atomic E-state index is 0.640. The first-order valence-corrected chi connectivity index (χ1v) is 6.46. The highest BCUT2D eigenvalue weighted by molar-refractivity contribution is 5.34. The predicted molar refractivity (Wildman–Crippen MR) is 74.5 cm³/mol. The molecule has 17 heavy (non-hydrogen) atoms. The van der Waals surface area contributed by atoms with Crippen LogP contribution in [-0.2, 0) is 0 Å². The number of nitrogens with one attached hydrogen (secondary N) is 1. The Balaban J connectivity index is 2.10. The third-order valence-corrected chi connectivity index (χ3v) is 3.04. The Bertz CT molecular complexity index is 306. The largest absolute Gasteiger partial charge is 0.370 e. The van der Waals surface area contributed by atoms with Gasteiger partial charge < -0.3 is 10.2 Å². The van der Waals surface area contributed by atoms with E-state index in [0.717, 1.165) is 12.4 Å². The van der Waals surface area contributed by atoms with Crippen molar-refractivity contribution in [3.05, 3.63) is 23.9 Å². The summed E-state index contributed by atoms with van der Waals surface area (Å²) in [6.07, 6.45) is 4.31. The fraction of sp³-hybridized carbons (Fsp3) is 0.643. The molecule has 0 amide bonds. The smallest absolute Gasteiger partial charge is 0.125 e. The lowest BCUT2D eigenvalue weighted by Gasteiger charge is -2.20. The number of unbranched alkanes of at least 4 members (excludes halogenated alkanes) is 1. The van der Waals surface area contributed by atoms with Gasteiger partial charge in [-0.2, -0.15) is 0 Å². The highest BCUT2D eigenvalue weighted by atomic mass is 15.1. The number of nitrogens with zero attached hydrogens (tertiary/aromatic N) is 2. The molecular formula is C14H25N3. The van der Waals surface area contributed by atoms with Crippen molar-refractivity contribution in [2.75, 3.05) is 25.5 Å². The van der Waals surface area contributed by atoms with Gasteiger partial charge in [-0.05, 0) is 58.8 Å². The van der Waals surface area contributed by atoms with Crippen LogP contribution < -0.4 is 5.32 Å². The molecule has 3 nitrogen and oxygen atoms in total. The van der Waals surface area contributed by atoms with Gasteiger partial charge in [0.1, 0.15) is 5.82 Å². The number of aromatic nitrogens is 1. The van der Waals surface area contributed by atoms with Crippen LogP contribution in [0.3, 0.4) is 0 Å². The lowest BCUT2D eigenvalue weighted by Crippen LogP contribution is -2.27. The van der Waals surface area contributed by atoms with Crippen LogP contribution in [0.25, 0.3) is 0 Å². The molecular weight excluding hydrogens is 210 g/mol. The Labute approximate surface area is 105 Å². The highest BCUT2D eigenvalue weighted by Crippen LogP contribution is 2.04. The van der Waals surface area contributed by atoms with Gasteiger partial charge in [-0.25, -0.2) is 4.98 Å². The van der Waals surface area contributed by atoms with Crippen molar-refractivity contribution in [3.8, 4) is 0 Å². The van der Waals surface area contributed by atoms with Crippen molar-refractivity contribution >= 4 is 5.82 Å². The number of rotatable bonds is 7. The molecule has 0 saturated carbocycles. The zero-order chi connectivity index (χ0) is 12.7. The van der Waals surface area contributed by atoms with Crippen molar-refractivity contribution in [2.45, 2.75) is 39.7 Å². The van der Waals surface area contributed by atoms with Crippen LogP contribution in [-0.4, -0.2) is 36.1 Å². The second-order valence-corrected chi connectivity index (χ2v) is 4.93. The van der Waals surface area contributed by atoms with Crippen molar-refractivity contribution < 1.29 is 0 Å². The Kier molecular flexibility index (Phi) is 5.98. The molecule has 0 aliphatic rings. The van der Waals surface area contributed by atoms with E-state index in [1.54, 1.807) is 0 Å². The number of aryl methyl sites for hydroxylation is 1. The van der Waals surface area contributed by atoms with E-state index >= 15 is 0 Å². The monoisotopic (exact) mass is 235 g/mol. The zero-order valence-corrected chi connectivity index (χ0v) is 11.5. The first kappa shape index (κ1) is 14.0. The van der Waals surface area contributed by atoms with Crippen LogP contribution in [0, 0.1) is 6.92 Å². The maximum absolute atomic E-state index is 4.32. The normalized spacial score (nSPS) is 11.2. The molecule has 0 aliphatic carbocycles. The molecule has 0 atom stereocenters. The van der Waals surface area contributed by atoms with Gasteiger partial charge in [0.05, 0.1) is 0 Å². The molecule has 1 heterocycles. The third kappa shape index (κ3) is 5.68. The van der Waals surface area contributed by atoms with Crippen LogP contribution in [0.4, 0.5) is 5.82 Å². The first-order valence-electron chi connectivity index (χ1n) is 6.46. The number of hydrogen-bond acceptors (Lipinski definition) is 3. The molecule has 1 aromatic rings. The van der Waals surface area contributed by atoms with Crippen LogP contribution in [0.1, 0.15) is 32.3 Å². The van der Waals surface area contributed by atoms with Crippen molar-refractivity contribution in [1.29, 1.82) is 0 Å². The van der Waals surface area contributed by atoms with E-state index in [4.69, 9.17) is 0 Å². The highest BCUT2D eigenvalue weighted by Gasteiger charge is 2.01. The zero-order valence-electron chi connectivity index (χ0n) is 11.5. The third-order valence-electron chi connectivity index (χ3n) is 3.04. The molecule has 1 N–H and O–H groups in total. The lowest BCUT2D eigenvalue weighted by molar-refractivity contribution is 0.269. The van der Waals surface area contributed by atoms with Crippen molar-refractivity contribution in [2.24, 2.45) is 0 Å². The standard InChI is InChI=1S/C14H25N3/c1-12(2)17(4)10-6-5-9-15-14-8-7-13(3)11-16-14/h7-8,11-12H,5-6,9-10H2,1-4H3,(H,15,16). The molecule has 0 aromatic carbocycles. The summed E-state index contributed by atoms with van der Waals surface area (Å²) in [6.45, 7) is 8.68. The number of pyridine rings is 1. The Morgan fingerprint density at radius 1 is 1.29 bits per heavy atom. The summed E-state index contributed by atoms with van der Waals surface area (Å²) < 4.78 is 0. The molecule has 0 bridgehead atoms. The number of hydrogen-bond donors (Lipinski definition) is 1. The summed E-state index contributed by atoms with van der Waals surface area (Å²) in [5.74, 6) is 0.979. The Morgan fingerprint density at radius 3 is 2.65 bits per heavy atom. The minimum atomic E-state index is 0.640. The summed E-state index contributed by atoms with van der Waals surface area (Å²) in [7, 11) is 2.18. The van der Waals surface area contributed by atoms with Gasteiger partial charge in [-0.1, -0.05) is 6.07 Å². The maximum Gasteiger partial charge on any atom is 0.125 e. The quantitative estimate of drug-likeness (QED) is 0.737. The molecule has 1 aromatic heterocycles. The first-order chi connectivity index (χ1) is 8.09. The van der Waals surface area contributed by atoms with Crippen LogP contribution in [0.5, 0.6) is 0 Å². The van der Waals surface area contributed by atoms with Gasteiger partial charge in [0.2, 0.25) is 0 Å². The minimum Gasteiger partial charge on any atom is -0.370 e. The van der Waals surface area contributed by atoms with Crippen molar-refractivity contribution in [1.82, 2.24) is 9.88 Å².